The van der Waals surface area contributed by atoms with Gasteiger partial charge in [0.05, 0.1) is 6.54 Å². The maximum atomic E-state index is 6.10. The molecule has 0 saturated carbocycles. The van der Waals surface area contributed by atoms with E-state index in [0.717, 1.165) is 48.8 Å². The third-order valence-electron chi connectivity index (χ3n) is 4.55. The molecule has 2 heterocycles. The van der Waals surface area contributed by atoms with Crippen molar-refractivity contribution >= 4 is 47.2 Å². The Labute approximate surface area is 176 Å². The molecule has 0 aliphatic carbocycles. The van der Waals surface area contributed by atoms with Crippen molar-refractivity contribution in [3.05, 3.63) is 40.9 Å². The van der Waals surface area contributed by atoms with Gasteiger partial charge in [0.1, 0.15) is 5.82 Å². The lowest BCUT2D eigenvalue weighted by Crippen LogP contribution is -2.52. The maximum Gasteiger partial charge on any atom is 0.194 e. The summed E-state index contributed by atoms with van der Waals surface area (Å²) in [5, 5.41) is 12.4. The van der Waals surface area contributed by atoms with Crippen molar-refractivity contribution in [2.24, 2.45) is 12.0 Å². The molecule has 1 aromatic carbocycles. The minimum absolute atomic E-state index is 0. The van der Waals surface area contributed by atoms with E-state index in [0.29, 0.717) is 6.54 Å². The van der Waals surface area contributed by atoms with Crippen LogP contribution < -0.4 is 10.2 Å². The average molecular weight is 490 g/mol. The van der Waals surface area contributed by atoms with Crippen LogP contribution in [0.2, 0.25) is 5.02 Å². The molecule has 0 spiro atoms. The average Bonchev–Trinajstić information content (AvgIpc) is 2.95. The fourth-order valence-corrected chi connectivity index (χ4v) is 3.13. The summed E-state index contributed by atoms with van der Waals surface area (Å²) in [6.45, 7) is 6.24. The van der Waals surface area contributed by atoms with Crippen molar-refractivity contribution in [2.75, 3.05) is 38.1 Å². The molecule has 0 radical (unpaired) electrons. The largest absolute Gasteiger partial charge is 0.368 e. The number of anilines is 1. The molecule has 1 aliphatic rings. The smallest absolute Gasteiger partial charge is 0.194 e. The van der Waals surface area contributed by atoms with Gasteiger partial charge in [0.25, 0.3) is 0 Å². The Morgan fingerprint density at radius 2 is 1.96 bits per heavy atom. The third-order valence-corrected chi connectivity index (χ3v) is 4.79. The molecular weight excluding hydrogens is 465 g/mol. The Morgan fingerprint density at radius 1 is 1.23 bits per heavy atom. The molecule has 1 N–H and O–H groups in total. The van der Waals surface area contributed by atoms with Crippen LogP contribution in [0.15, 0.2) is 29.3 Å². The molecule has 3 rings (SSSR count). The summed E-state index contributed by atoms with van der Waals surface area (Å²) in [4.78, 5) is 9.03. The molecule has 1 fully saturated rings. The van der Waals surface area contributed by atoms with Gasteiger partial charge in [-0.15, -0.1) is 34.2 Å². The van der Waals surface area contributed by atoms with Gasteiger partial charge in [-0.3, -0.25) is 4.99 Å². The normalized spacial score (nSPS) is 15.0. The van der Waals surface area contributed by atoms with Crippen molar-refractivity contribution in [3.8, 4) is 0 Å². The topological polar surface area (TPSA) is 61.6 Å². The highest BCUT2D eigenvalue weighted by atomic mass is 127. The Balaban J connectivity index is 0.00000243. The summed E-state index contributed by atoms with van der Waals surface area (Å²) < 4.78 is 1.98. The number of hydrogen-bond acceptors (Lipinski definition) is 4. The highest BCUT2D eigenvalue weighted by molar-refractivity contribution is 14.0. The van der Waals surface area contributed by atoms with E-state index in [1.54, 1.807) is 0 Å². The van der Waals surface area contributed by atoms with E-state index >= 15 is 0 Å². The predicted octanol–water partition coefficient (Wildman–Crippen LogP) is 2.29. The SMILES string of the molecule is CN=C(NCc1nnc(C)n1C)N1CCN(c2cccc(Cl)c2)CC1.I. The van der Waals surface area contributed by atoms with E-state index in [-0.39, 0.29) is 24.0 Å². The molecule has 0 unspecified atom stereocenters. The Morgan fingerprint density at radius 3 is 2.54 bits per heavy atom. The van der Waals surface area contributed by atoms with Crippen molar-refractivity contribution < 1.29 is 0 Å². The summed E-state index contributed by atoms with van der Waals surface area (Å²) in [7, 11) is 3.78. The van der Waals surface area contributed by atoms with Gasteiger partial charge in [0.15, 0.2) is 11.8 Å². The van der Waals surface area contributed by atoms with E-state index < -0.39 is 0 Å². The van der Waals surface area contributed by atoms with Crippen molar-refractivity contribution in [3.63, 3.8) is 0 Å². The summed E-state index contributed by atoms with van der Waals surface area (Å²) in [6.07, 6.45) is 0. The third kappa shape index (κ3) is 4.79. The standard InChI is InChI=1S/C17H24ClN7.HI/c1-13-21-22-16(23(13)3)12-20-17(19-2)25-9-7-24(8-10-25)15-6-4-5-14(18)11-15;/h4-6,11H,7-10,12H2,1-3H3,(H,19,20);1H. The van der Waals surface area contributed by atoms with E-state index in [4.69, 9.17) is 11.6 Å². The summed E-state index contributed by atoms with van der Waals surface area (Å²) in [6, 6.07) is 8.01. The zero-order valence-electron chi connectivity index (χ0n) is 15.3. The molecule has 1 saturated heterocycles. The number of piperazine rings is 1. The summed E-state index contributed by atoms with van der Waals surface area (Å²) >= 11 is 6.10. The van der Waals surface area contributed by atoms with Gasteiger partial charge < -0.3 is 19.7 Å². The highest BCUT2D eigenvalue weighted by Crippen LogP contribution is 2.20. The summed E-state index contributed by atoms with van der Waals surface area (Å²) in [5.41, 5.74) is 1.17. The lowest BCUT2D eigenvalue weighted by molar-refractivity contribution is 0.372. The number of halogens is 2. The minimum atomic E-state index is 0. The molecule has 0 atom stereocenters. The van der Waals surface area contributed by atoms with Gasteiger partial charge in [0.2, 0.25) is 0 Å². The quantitative estimate of drug-likeness (QED) is 0.407. The number of nitrogens with zero attached hydrogens (tertiary/aromatic N) is 6. The van der Waals surface area contributed by atoms with Crippen LogP contribution in [0.3, 0.4) is 0 Å². The van der Waals surface area contributed by atoms with E-state index in [1.807, 2.05) is 43.8 Å². The van der Waals surface area contributed by atoms with Gasteiger partial charge in [-0.2, -0.15) is 0 Å². The molecule has 142 valence electrons. The Hall–Kier alpha value is -1.55. The number of rotatable bonds is 3. The first kappa shape index (κ1) is 20.8. The number of guanidine groups is 1. The molecule has 0 amide bonds. The van der Waals surface area contributed by atoms with Gasteiger partial charge in [0, 0.05) is 51.0 Å². The number of hydrogen-bond donors (Lipinski definition) is 1. The number of benzene rings is 1. The fraction of sp³-hybridized carbons (Fsp3) is 0.471. The zero-order chi connectivity index (χ0) is 17.8. The number of aryl methyl sites for hydroxylation is 1. The van der Waals surface area contributed by atoms with Crippen LogP contribution in [-0.4, -0.2) is 58.9 Å². The zero-order valence-corrected chi connectivity index (χ0v) is 18.4. The number of aliphatic imine (C=N–C) groups is 1. The van der Waals surface area contributed by atoms with Crippen LogP contribution in [-0.2, 0) is 13.6 Å². The van der Waals surface area contributed by atoms with Crippen molar-refractivity contribution in [1.29, 1.82) is 0 Å². The predicted molar refractivity (Wildman–Crippen MR) is 117 cm³/mol. The van der Waals surface area contributed by atoms with E-state index in [9.17, 15) is 0 Å². The van der Waals surface area contributed by atoms with Gasteiger partial charge in [-0.1, -0.05) is 17.7 Å². The second-order valence-corrected chi connectivity index (χ2v) is 6.51. The van der Waals surface area contributed by atoms with Gasteiger partial charge in [-0.05, 0) is 25.1 Å². The molecule has 1 aliphatic heterocycles. The van der Waals surface area contributed by atoms with Crippen LogP contribution >= 0.6 is 35.6 Å². The Kier molecular flexibility index (Phi) is 7.51. The molecule has 1 aromatic heterocycles. The molecule has 0 bridgehead atoms. The number of nitrogens with one attached hydrogen (secondary N) is 1. The van der Waals surface area contributed by atoms with Crippen LogP contribution in [0.4, 0.5) is 5.69 Å². The molecular formula is C17H25ClIN7. The Bertz CT molecular complexity index is 753. The van der Waals surface area contributed by atoms with Crippen LogP contribution in [0.5, 0.6) is 0 Å². The molecule has 9 heteroatoms. The molecule has 7 nitrogen and oxygen atoms in total. The molecule has 26 heavy (non-hydrogen) atoms. The molecule has 2 aromatic rings. The number of aromatic nitrogens is 3. The second-order valence-electron chi connectivity index (χ2n) is 6.08. The first-order valence-corrected chi connectivity index (χ1v) is 8.77. The first-order chi connectivity index (χ1) is 12.1. The fourth-order valence-electron chi connectivity index (χ4n) is 2.94. The van der Waals surface area contributed by atoms with Crippen LogP contribution in [0.1, 0.15) is 11.6 Å². The van der Waals surface area contributed by atoms with Crippen molar-refractivity contribution in [2.45, 2.75) is 13.5 Å². The first-order valence-electron chi connectivity index (χ1n) is 8.39. The minimum Gasteiger partial charge on any atom is -0.368 e. The summed E-state index contributed by atoms with van der Waals surface area (Å²) in [5.74, 6) is 2.70. The van der Waals surface area contributed by atoms with Crippen LogP contribution in [0.25, 0.3) is 0 Å². The lowest BCUT2D eigenvalue weighted by atomic mass is 10.2. The van der Waals surface area contributed by atoms with E-state index in [2.05, 4.69) is 36.4 Å². The lowest BCUT2D eigenvalue weighted by Gasteiger charge is -2.37. The second kappa shape index (κ2) is 9.40. The van der Waals surface area contributed by atoms with Crippen LogP contribution in [0, 0.1) is 6.92 Å². The van der Waals surface area contributed by atoms with Gasteiger partial charge >= 0.3 is 0 Å². The highest BCUT2D eigenvalue weighted by Gasteiger charge is 2.20. The van der Waals surface area contributed by atoms with E-state index in [1.165, 1.54) is 5.69 Å². The van der Waals surface area contributed by atoms with Crippen molar-refractivity contribution in [1.82, 2.24) is 25.0 Å². The maximum absolute atomic E-state index is 6.10. The van der Waals surface area contributed by atoms with Gasteiger partial charge in [-0.25, -0.2) is 0 Å². The monoisotopic (exact) mass is 489 g/mol.